The lowest BCUT2D eigenvalue weighted by atomic mass is 10.1. The largest absolute Gasteiger partial charge is 0.415 e. The standard InChI is InChI=1S/C22H20FN5O3S/c1-14-6-8-15(9-7-14)21-24-25-22(31-21)20-18-13-28(11-10-19(18)27(2)26-20)32(29,30)17-5-3-4-16(23)12-17/h3-9,12H,10-11,13H2,1-2H3. The molecule has 164 valence electrons. The number of rotatable bonds is 4. The van der Waals surface area contributed by atoms with Crippen LogP contribution in [-0.2, 0) is 30.0 Å². The number of hydrogen-bond donors (Lipinski definition) is 0. The van der Waals surface area contributed by atoms with Crippen molar-refractivity contribution in [2.24, 2.45) is 7.05 Å². The number of aryl methyl sites for hydroxylation is 2. The van der Waals surface area contributed by atoms with E-state index in [1.54, 1.807) is 11.7 Å². The van der Waals surface area contributed by atoms with Crippen LogP contribution >= 0.6 is 0 Å². The maximum Gasteiger partial charge on any atom is 0.268 e. The summed E-state index contributed by atoms with van der Waals surface area (Å²) in [5.74, 6) is -0.0118. The fraction of sp³-hybridized carbons (Fsp3) is 0.227. The van der Waals surface area contributed by atoms with E-state index < -0.39 is 15.8 Å². The first-order chi connectivity index (χ1) is 15.3. The van der Waals surface area contributed by atoms with Crippen LogP contribution in [0.3, 0.4) is 0 Å². The molecule has 8 nitrogen and oxygen atoms in total. The monoisotopic (exact) mass is 453 g/mol. The normalized spacial score (nSPS) is 14.5. The van der Waals surface area contributed by atoms with Gasteiger partial charge in [0.25, 0.3) is 5.89 Å². The van der Waals surface area contributed by atoms with E-state index in [0.29, 0.717) is 23.6 Å². The molecule has 10 heteroatoms. The fourth-order valence-electron chi connectivity index (χ4n) is 3.85. The Hall–Kier alpha value is -3.37. The molecule has 0 N–H and O–H groups in total. The molecule has 5 rings (SSSR count). The highest BCUT2D eigenvalue weighted by molar-refractivity contribution is 7.89. The number of halogens is 1. The highest BCUT2D eigenvalue weighted by atomic mass is 32.2. The Balaban J connectivity index is 1.50. The van der Waals surface area contributed by atoms with Gasteiger partial charge in [0.1, 0.15) is 5.82 Å². The van der Waals surface area contributed by atoms with E-state index in [0.717, 1.165) is 22.9 Å². The molecule has 3 heterocycles. The summed E-state index contributed by atoms with van der Waals surface area (Å²) in [6.45, 7) is 2.34. The zero-order chi connectivity index (χ0) is 22.5. The number of aromatic nitrogens is 4. The lowest BCUT2D eigenvalue weighted by Crippen LogP contribution is -2.36. The Bertz CT molecular complexity index is 1410. The van der Waals surface area contributed by atoms with Gasteiger partial charge in [-0.05, 0) is 37.3 Å². The second-order valence-electron chi connectivity index (χ2n) is 7.72. The maximum atomic E-state index is 13.6. The molecule has 2 aromatic carbocycles. The molecule has 0 radical (unpaired) electrons. The summed E-state index contributed by atoms with van der Waals surface area (Å²) in [5.41, 5.74) is 3.97. The summed E-state index contributed by atoms with van der Waals surface area (Å²) in [6, 6.07) is 12.7. The van der Waals surface area contributed by atoms with Crippen LogP contribution < -0.4 is 0 Å². The SMILES string of the molecule is Cc1ccc(-c2nnc(-c3nn(C)c4c3CN(S(=O)(=O)c3cccc(F)c3)CC4)o2)cc1. The van der Waals surface area contributed by atoms with Gasteiger partial charge in [0, 0.05) is 43.4 Å². The van der Waals surface area contributed by atoms with Gasteiger partial charge in [-0.15, -0.1) is 10.2 Å². The lowest BCUT2D eigenvalue weighted by molar-refractivity contribution is 0.385. The van der Waals surface area contributed by atoms with Crippen molar-refractivity contribution in [2.45, 2.75) is 24.8 Å². The number of benzene rings is 2. The van der Waals surface area contributed by atoms with Crippen molar-refractivity contribution in [1.29, 1.82) is 0 Å². The molecular formula is C22H20FN5O3S. The Labute approximate surface area is 184 Å². The van der Waals surface area contributed by atoms with Crippen molar-refractivity contribution in [2.75, 3.05) is 6.54 Å². The molecule has 0 bridgehead atoms. The molecule has 0 spiro atoms. The highest BCUT2D eigenvalue weighted by Crippen LogP contribution is 2.33. The van der Waals surface area contributed by atoms with Crippen molar-refractivity contribution in [1.82, 2.24) is 24.3 Å². The van der Waals surface area contributed by atoms with Crippen LogP contribution in [-0.4, -0.2) is 39.2 Å². The maximum absolute atomic E-state index is 13.6. The molecule has 0 fully saturated rings. The minimum absolute atomic E-state index is 0.0779. The Morgan fingerprint density at radius 1 is 1.06 bits per heavy atom. The number of hydrogen-bond acceptors (Lipinski definition) is 6. The predicted octanol–water partition coefficient (Wildman–Crippen LogP) is 3.33. The summed E-state index contributed by atoms with van der Waals surface area (Å²) in [4.78, 5) is -0.0779. The van der Waals surface area contributed by atoms with Gasteiger partial charge in [0.15, 0.2) is 5.69 Å². The van der Waals surface area contributed by atoms with Crippen molar-refractivity contribution < 1.29 is 17.2 Å². The Morgan fingerprint density at radius 2 is 1.81 bits per heavy atom. The van der Waals surface area contributed by atoms with Gasteiger partial charge >= 0.3 is 0 Å². The van der Waals surface area contributed by atoms with Crippen molar-refractivity contribution >= 4 is 10.0 Å². The molecule has 32 heavy (non-hydrogen) atoms. The molecule has 0 atom stereocenters. The summed E-state index contributed by atoms with van der Waals surface area (Å²) >= 11 is 0. The molecule has 1 aliphatic heterocycles. The van der Waals surface area contributed by atoms with Crippen molar-refractivity contribution in [3.63, 3.8) is 0 Å². The van der Waals surface area contributed by atoms with E-state index >= 15 is 0 Å². The average molecular weight is 453 g/mol. The first kappa shape index (κ1) is 20.5. The van der Waals surface area contributed by atoms with Gasteiger partial charge < -0.3 is 4.42 Å². The molecule has 0 saturated carbocycles. The van der Waals surface area contributed by atoms with Crippen LogP contribution in [0.25, 0.3) is 23.0 Å². The third kappa shape index (κ3) is 3.51. The van der Waals surface area contributed by atoms with Crippen LogP contribution in [0.2, 0.25) is 0 Å². The van der Waals surface area contributed by atoms with Crippen LogP contribution in [0.15, 0.2) is 57.8 Å². The number of sulfonamides is 1. The van der Waals surface area contributed by atoms with Crippen molar-refractivity contribution in [3.05, 3.63) is 71.2 Å². The third-order valence-corrected chi connectivity index (χ3v) is 7.41. The van der Waals surface area contributed by atoms with Gasteiger partial charge in [0.05, 0.1) is 4.90 Å². The molecular weight excluding hydrogens is 433 g/mol. The number of nitrogens with zero attached hydrogens (tertiary/aromatic N) is 5. The van der Waals surface area contributed by atoms with E-state index in [1.165, 1.54) is 22.5 Å². The zero-order valence-electron chi connectivity index (χ0n) is 17.5. The summed E-state index contributed by atoms with van der Waals surface area (Å²) in [6.07, 6.45) is 0.465. The first-order valence-electron chi connectivity index (χ1n) is 10.0. The second-order valence-corrected chi connectivity index (χ2v) is 9.66. The summed E-state index contributed by atoms with van der Waals surface area (Å²) in [5, 5.41) is 12.8. The van der Waals surface area contributed by atoms with E-state index in [9.17, 15) is 12.8 Å². The summed E-state index contributed by atoms with van der Waals surface area (Å²) in [7, 11) is -2.07. The molecule has 1 aliphatic rings. The Morgan fingerprint density at radius 3 is 2.56 bits per heavy atom. The Kier molecular flexibility index (Phi) is 4.90. The van der Waals surface area contributed by atoms with E-state index in [2.05, 4.69) is 15.3 Å². The van der Waals surface area contributed by atoms with Gasteiger partial charge in [0.2, 0.25) is 15.9 Å². The van der Waals surface area contributed by atoms with E-state index in [1.807, 2.05) is 31.2 Å². The summed E-state index contributed by atoms with van der Waals surface area (Å²) < 4.78 is 48.8. The van der Waals surface area contributed by atoms with Gasteiger partial charge in [-0.3, -0.25) is 4.68 Å². The number of fused-ring (bicyclic) bond motifs is 1. The smallest absolute Gasteiger partial charge is 0.268 e. The predicted molar refractivity (Wildman–Crippen MR) is 114 cm³/mol. The molecule has 2 aromatic heterocycles. The van der Waals surface area contributed by atoms with E-state index in [4.69, 9.17) is 4.42 Å². The quantitative estimate of drug-likeness (QED) is 0.471. The lowest BCUT2D eigenvalue weighted by Gasteiger charge is -2.26. The average Bonchev–Trinajstić information content (AvgIpc) is 3.39. The zero-order valence-corrected chi connectivity index (χ0v) is 18.3. The molecule has 0 saturated heterocycles. The second kappa shape index (κ2) is 7.64. The van der Waals surface area contributed by atoms with Gasteiger partial charge in [-0.25, -0.2) is 12.8 Å². The minimum atomic E-state index is -3.87. The van der Waals surface area contributed by atoms with Crippen LogP contribution in [0, 0.1) is 12.7 Å². The molecule has 0 aliphatic carbocycles. The topological polar surface area (TPSA) is 94.1 Å². The van der Waals surface area contributed by atoms with Gasteiger partial charge in [-0.1, -0.05) is 23.8 Å². The minimum Gasteiger partial charge on any atom is -0.415 e. The van der Waals surface area contributed by atoms with E-state index in [-0.39, 0.29) is 23.9 Å². The highest BCUT2D eigenvalue weighted by Gasteiger charge is 2.33. The van der Waals surface area contributed by atoms with Crippen molar-refractivity contribution in [3.8, 4) is 23.0 Å². The van der Waals surface area contributed by atoms with Crippen LogP contribution in [0.4, 0.5) is 4.39 Å². The molecule has 0 unspecified atom stereocenters. The van der Waals surface area contributed by atoms with Crippen LogP contribution in [0.1, 0.15) is 16.8 Å². The van der Waals surface area contributed by atoms with Crippen LogP contribution in [0.5, 0.6) is 0 Å². The fourth-order valence-corrected chi connectivity index (χ4v) is 5.29. The van der Waals surface area contributed by atoms with Gasteiger partial charge in [-0.2, -0.15) is 9.40 Å². The first-order valence-corrected chi connectivity index (χ1v) is 11.5. The molecule has 4 aromatic rings. The molecule has 0 amide bonds. The third-order valence-electron chi connectivity index (χ3n) is 5.57.